The molecule has 0 fully saturated rings. The Morgan fingerprint density at radius 3 is 2.67 bits per heavy atom. The van der Waals surface area contributed by atoms with E-state index in [0.29, 0.717) is 6.07 Å². The van der Waals surface area contributed by atoms with Gasteiger partial charge in [-0.05, 0) is 6.07 Å². The fraction of sp³-hybridized carbons (Fsp3) is 0.125. The first-order chi connectivity index (χ1) is 6.97. The lowest BCUT2D eigenvalue weighted by molar-refractivity contribution is -0.387. The number of hydrogen-bond acceptors (Lipinski definition) is 4. The highest BCUT2D eigenvalue weighted by Gasteiger charge is 2.25. The summed E-state index contributed by atoms with van der Waals surface area (Å²) in [5.74, 6) is -2.43. The zero-order valence-corrected chi connectivity index (χ0v) is 8.82. The van der Waals surface area contributed by atoms with Crippen molar-refractivity contribution in [3.05, 3.63) is 33.6 Å². The molecule has 0 aliphatic heterocycles. The predicted octanol–water partition coefficient (Wildman–Crippen LogP) is 2.02. The minimum atomic E-state index is -1.23. The van der Waals surface area contributed by atoms with Crippen LogP contribution >= 0.6 is 15.9 Å². The SMILES string of the molecule is O=C(CBr)c1cc(O)cc(F)c1[N+](=O)[O-]. The molecule has 80 valence electrons. The number of nitro groups is 1. The molecule has 0 amide bonds. The second kappa shape index (κ2) is 4.35. The van der Waals surface area contributed by atoms with Crippen molar-refractivity contribution in [2.24, 2.45) is 0 Å². The third-order valence-corrected chi connectivity index (χ3v) is 2.16. The number of ketones is 1. The van der Waals surface area contributed by atoms with Crippen molar-refractivity contribution in [1.82, 2.24) is 0 Å². The van der Waals surface area contributed by atoms with Crippen molar-refractivity contribution < 1.29 is 19.2 Å². The maximum Gasteiger partial charge on any atom is 0.315 e. The van der Waals surface area contributed by atoms with Gasteiger partial charge in [0, 0.05) is 6.07 Å². The molecule has 0 unspecified atom stereocenters. The van der Waals surface area contributed by atoms with Crippen LogP contribution in [0.3, 0.4) is 0 Å². The number of carbonyl (C=O) groups excluding carboxylic acids is 1. The Kier molecular flexibility index (Phi) is 3.35. The Bertz CT molecular complexity index is 435. The minimum absolute atomic E-state index is 0.184. The average molecular weight is 278 g/mol. The maximum atomic E-state index is 13.1. The van der Waals surface area contributed by atoms with Gasteiger partial charge in [0.05, 0.1) is 10.3 Å². The smallest absolute Gasteiger partial charge is 0.315 e. The van der Waals surface area contributed by atoms with E-state index in [1.807, 2.05) is 0 Å². The Labute approximate surface area is 91.8 Å². The molecule has 7 heteroatoms. The number of phenols is 1. The molecular weight excluding hydrogens is 273 g/mol. The Hall–Kier alpha value is -1.50. The number of alkyl halides is 1. The molecule has 15 heavy (non-hydrogen) atoms. The second-order valence-electron chi connectivity index (χ2n) is 2.64. The lowest BCUT2D eigenvalue weighted by Crippen LogP contribution is -2.06. The van der Waals surface area contributed by atoms with Crippen LogP contribution in [-0.2, 0) is 0 Å². The number of halogens is 2. The number of benzene rings is 1. The molecular formula is C8H5BrFNO4. The van der Waals surface area contributed by atoms with E-state index in [0.717, 1.165) is 6.07 Å². The summed E-state index contributed by atoms with van der Waals surface area (Å²) in [6.45, 7) is 0. The summed E-state index contributed by atoms with van der Waals surface area (Å²) in [5.41, 5.74) is -1.37. The maximum absolute atomic E-state index is 13.1. The molecule has 1 aromatic carbocycles. The lowest BCUT2D eigenvalue weighted by atomic mass is 10.1. The van der Waals surface area contributed by atoms with Gasteiger partial charge in [-0.3, -0.25) is 14.9 Å². The minimum Gasteiger partial charge on any atom is -0.508 e. The summed E-state index contributed by atoms with van der Waals surface area (Å²) in [4.78, 5) is 20.7. The van der Waals surface area contributed by atoms with Crippen LogP contribution in [0.1, 0.15) is 10.4 Å². The van der Waals surface area contributed by atoms with Gasteiger partial charge in [0.15, 0.2) is 5.78 Å². The highest BCUT2D eigenvalue weighted by atomic mass is 79.9. The second-order valence-corrected chi connectivity index (χ2v) is 3.20. The van der Waals surface area contributed by atoms with E-state index >= 15 is 0 Å². The molecule has 1 rings (SSSR count). The standard InChI is InChI=1S/C8H5BrFNO4/c9-3-7(13)5-1-4(12)2-6(10)8(5)11(14)15/h1-2,12H,3H2. The Morgan fingerprint density at radius 1 is 1.60 bits per heavy atom. The van der Waals surface area contributed by atoms with Crippen molar-refractivity contribution in [2.75, 3.05) is 5.33 Å². The van der Waals surface area contributed by atoms with Gasteiger partial charge in [-0.2, -0.15) is 4.39 Å². The number of carbonyl (C=O) groups is 1. The fourth-order valence-electron chi connectivity index (χ4n) is 1.05. The van der Waals surface area contributed by atoms with E-state index in [4.69, 9.17) is 5.11 Å². The fourth-order valence-corrected chi connectivity index (χ4v) is 1.36. The number of aromatic hydroxyl groups is 1. The van der Waals surface area contributed by atoms with Gasteiger partial charge in [-0.15, -0.1) is 0 Å². The molecule has 0 aliphatic rings. The molecule has 0 bridgehead atoms. The van der Waals surface area contributed by atoms with Gasteiger partial charge in [-0.25, -0.2) is 0 Å². The largest absolute Gasteiger partial charge is 0.508 e. The van der Waals surface area contributed by atoms with Crippen LogP contribution in [0.4, 0.5) is 10.1 Å². The molecule has 0 aromatic heterocycles. The van der Waals surface area contributed by atoms with Gasteiger partial charge in [-0.1, -0.05) is 15.9 Å². The van der Waals surface area contributed by atoms with Gasteiger partial charge < -0.3 is 5.11 Å². The molecule has 0 saturated heterocycles. The molecule has 0 aliphatic carbocycles. The van der Waals surface area contributed by atoms with Crippen LogP contribution in [0.25, 0.3) is 0 Å². The highest BCUT2D eigenvalue weighted by Crippen LogP contribution is 2.28. The van der Waals surface area contributed by atoms with E-state index in [1.54, 1.807) is 0 Å². The quantitative estimate of drug-likeness (QED) is 0.397. The molecule has 0 saturated carbocycles. The molecule has 1 N–H and O–H groups in total. The van der Waals surface area contributed by atoms with Gasteiger partial charge in [0.1, 0.15) is 11.3 Å². The number of phenolic OH excluding ortho intramolecular Hbond substituents is 1. The van der Waals surface area contributed by atoms with Crippen LogP contribution in [0.5, 0.6) is 5.75 Å². The normalized spacial score (nSPS) is 10.0. The van der Waals surface area contributed by atoms with Crippen LogP contribution in [0, 0.1) is 15.9 Å². The van der Waals surface area contributed by atoms with Gasteiger partial charge in [0.25, 0.3) is 0 Å². The molecule has 0 atom stereocenters. The van der Waals surface area contributed by atoms with Crippen molar-refractivity contribution in [1.29, 1.82) is 0 Å². The van der Waals surface area contributed by atoms with Crippen LogP contribution in [0.2, 0.25) is 0 Å². The van der Waals surface area contributed by atoms with Crippen molar-refractivity contribution in [3.63, 3.8) is 0 Å². The third-order valence-electron chi connectivity index (χ3n) is 1.65. The summed E-state index contributed by atoms with van der Waals surface area (Å²) >= 11 is 2.81. The molecule has 0 radical (unpaired) electrons. The number of rotatable bonds is 3. The van der Waals surface area contributed by atoms with Gasteiger partial charge in [0.2, 0.25) is 5.82 Å². The highest BCUT2D eigenvalue weighted by molar-refractivity contribution is 9.09. The van der Waals surface area contributed by atoms with Crippen molar-refractivity contribution in [3.8, 4) is 5.75 Å². The van der Waals surface area contributed by atoms with Crippen LogP contribution < -0.4 is 0 Å². The van der Waals surface area contributed by atoms with E-state index in [1.165, 1.54) is 0 Å². The van der Waals surface area contributed by atoms with E-state index in [9.17, 15) is 19.3 Å². The molecule has 0 heterocycles. The lowest BCUT2D eigenvalue weighted by Gasteiger charge is -2.01. The molecule has 1 aromatic rings. The first-order valence-electron chi connectivity index (χ1n) is 3.73. The number of Topliss-reactive ketones (excluding diaryl/α,β-unsaturated/α-hetero) is 1. The summed E-state index contributed by atoms with van der Waals surface area (Å²) in [7, 11) is 0. The monoisotopic (exact) mass is 277 g/mol. The summed E-state index contributed by atoms with van der Waals surface area (Å²) in [6, 6.07) is 1.45. The van der Waals surface area contributed by atoms with Gasteiger partial charge >= 0.3 is 5.69 Å². The first-order valence-corrected chi connectivity index (χ1v) is 4.85. The molecule has 0 spiro atoms. The Balaban J connectivity index is 3.46. The Morgan fingerprint density at radius 2 is 2.20 bits per heavy atom. The third kappa shape index (κ3) is 2.30. The van der Waals surface area contributed by atoms with Crippen molar-refractivity contribution >= 4 is 27.4 Å². The zero-order chi connectivity index (χ0) is 11.6. The topological polar surface area (TPSA) is 80.4 Å². The first kappa shape index (κ1) is 11.6. The predicted molar refractivity (Wildman–Crippen MR) is 52.8 cm³/mol. The molecule has 5 nitrogen and oxygen atoms in total. The van der Waals surface area contributed by atoms with E-state index < -0.39 is 33.5 Å². The van der Waals surface area contributed by atoms with Crippen LogP contribution in [-0.4, -0.2) is 21.1 Å². The summed E-state index contributed by atoms with van der Waals surface area (Å²) in [6.07, 6.45) is 0. The summed E-state index contributed by atoms with van der Waals surface area (Å²) in [5, 5.41) is 19.3. The average Bonchev–Trinajstić information content (AvgIpc) is 2.14. The number of hydrogen-bond donors (Lipinski definition) is 1. The summed E-state index contributed by atoms with van der Waals surface area (Å²) < 4.78 is 13.1. The van der Waals surface area contributed by atoms with Crippen molar-refractivity contribution in [2.45, 2.75) is 0 Å². The van der Waals surface area contributed by atoms with Crippen LogP contribution in [0.15, 0.2) is 12.1 Å². The number of nitro benzene ring substituents is 1. The van der Waals surface area contributed by atoms with E-state index in [2.05, 4.69) is 15.9 Å². The van der Waals surface area contributed by atoms with E-state index in [-0.39, 0.29) is 5.33 Å². The zero-order valence-electron chi connectivity index (χ0n) is 7.24. The number of nitrogens with zero attached hydrogens (tertiary/aromatic N) is 1.